The van der Waals surface area contributed by atoms with E-state index in [0.29, 0.717) is 18.0 Å². The number of amides is 2. The van der Waals surface area contributed by atoms with Crippen molar-refractivity contribution in [2.75, 3.05) is 6.54 Å². The van der Waals surface area contributed by atoms with Crippen molar-refractivity contribution in [2.45, 2.75) is 56.2 Å². The molecule has 4 bridgehead atoms. The summed E-state index contributed by atoms with van der Waals surface area (Å²) in [7, 11) is 0. The van der Waals surface area contributed by atoms with Crippen LogP contribution in [-0.4, -0.2) is 34.2 Å². The quantitative estimate of drug-likeness (QED) is 0.849. The van der Waals surface area contributed by atoms with E-state index in [1.54, 1.807) is 6.07 Å². The molecule has 5 fully saturated rings. The molecule has 26 heavy (non-hydrogen) atoms. The lowest BCUT2D eigenvalue weighted by atomic mass is 9.51. The Morgan fingerprint density at radius 3 is 2.46 bits per heavy atom. The lowest BCUT2D eigenvalue weighted by Gasteiger charge is -2.61. The maximum atomic E-state index is 13.9. The molecule has 1 aromatic carbocycles. The van der Waals surface area contributed by atoms with Crippen molar-refractivity contribution in [1.82, 2.24) is 10.2 Å². The van der Waals surface area contributed by atoms with Gasteiger partial charge in [0.25, 0.3) is 0 Å². The maximum absolute atomic E-state index is 13.9. The van der Waals surface area contributed by atoms with Crippen LogP contribution < -0.4 is 5.32 Å². The van der Waals surface area contributed by atoms with Crippen LogP contribution in [0.25, 0.3) is 0 Å². The summed E-state index contributed by atoms with van der Waals surface area (Å²) in [6.07, 6.45) is 4.45. The van der Waals surface area contributed by atoms with Crippen LogP contribution in [0.15, 0.2) is 18.2 Å². The van der Waals surface area contributed by atoms with Crippen molar-refractivity contribution in [3.63, 3.8) is 0 Å². The zero-order chi connectivity index (χ0) is 18.3. The number of aliphatic hydroxyl groups is 1. The molecular formula is C20H24F2N2O2. The number of hydrogen-bond donors (Lipinski definition) is 2. The van der Waals surface area contributed by atoms with E-state index in [0.717, 1.165) is 38.2 Å². The Hall–Kier alpha value is -1.69. The summed E-state index contributed by atoms with van der Waals surface area (Å²) >= 11 is 0. The zero-order valence-electron chi connectivity index (χ0n) is 14.8. The van der Waals surface area contributed by atoms with Crippen molar-refractivity contribution in [3.8, 4) is 0 Å². The molecule has 0 radical (unpaired) electrons. The predicted octanol–water partition coefficient (Wildman–Crippen LogP) is 3.14. The van der Waals surface area contributed by atoms with Crippen LogP contribution in [0, 0.1) is 29.4 Å². The van der Waals surface area contributed by atoms with Gasteiger partial charge in [-0.25, -0.2) is 13.6 Å². The number of nitrogens with zero attached hydrogens (tertiary/aromatic N) is 1. The molecule has 1 aliphatic heterocycles. The van der Waals surface area contributed by atoms with Crippen LogP contribution >= 0.6 is 0 Å². The molecule has 6 heteroatoms. The second kappa shape index (κ2) is 5.18. The highest BCUT2D eigenvalue weighted by atomic mass is 19.2. The molecule has 3 unspecified atom stereocenters. The van der Waals surface area contributed by atoms with Crippen LogP contribution in [0.5, 0.6) is 0 Å². The van der Waals surface area contributed by atoms with E-state index in [1.165, 1.54) is 6.07 Å². The van der Waals surface area contributed by atoms with E-state index in [2.05, 4.69) is 5.32 Å². The highest BCUT2D eigenvalue weighted by molar-refractivity contribution is 5.79. The third-order valence-corrected chi connectivity index (χ3v) is 7.37. The number of urea groups is 1. The number of hydrogen-bond acceptors (Lipinski definition) is 2. The molecule has 3 atom stereocenters. The van der Waals surface area contributed by atoms with Crippen molar-refractivity contribution in [3.05, 3.63) is 35.4 Å². The van der Waals surface area contributed by atoms with Crippen molar-refractivity contribution in [2.24, 2.45) is 17.8 Å². The summed E-state index contributed by atoms with van der Waals surface area (Å²) in [5.41, 5.74) is -0.669. The van der Waals surface area contributed by atoms with Gasteiger partial charge in [0.05, 0.1) is 11.1 Å². The van der Waals surface area contributed by atoms with Gasteiger partial charge in [-0.2, -0.15) is 0 Å². The molecule has 5 aliphatic rings. The molecule has 0 spiro atoms. The minimum Gasteiger partial charge on any atom is -0.390 e. The highest BCUT2D eigenvalue weighted by Crippen LogP contribution is 2.58. The van der Waals surface area contributed by atoms with Gasteiger partial charge in [-0.3, -0.25) is 0 Å². The van der Waals surface area contributed by atoms with Gasteiger partial charge in [0.15, 0.2) is 11.6 Å². The molecule has 0 aromatic heterocycles. The Kier molecular flexibility index (Phi) is 3.29. The normalized spacial score (nSPS) is 43.8. The van der Waals surface area contributed by atoms with E-state index in [-0.39, 0.29) is 23.9 Å². The number of halogens is 2. The summed E-state index contributed by atoms with van der Waals surface area (Å²) in [5, 5.41) is 13.8. The first-order chi connectivity index (χ1) is 12.3. The minimum atomic E-state index is -0.887. The van der Waals surface area contributed by atoms with Crippen LogP contribution in [-0.2, 0) is 5.54 Å². The summed E-state index contributed by atoms with van der Waals surface area (Å²) in [4.78, 5) is 14.7. The maximum Gasteiger partial charge on any atom is 0.318 e. The fourth-order valence-electron chi connectivity index (χ4n) is 6.56. The minimum absolute atomic E-state index is 0.0486. The lowest BCUT2D eigenvalue weighted by molar-refractivity contribution is -0.160. The fourth-order valence-corrected chi connectivity index (χ4v) is 6.56. The molecule has 140 valence electrons. The predicted molar refractivity (Wildman–Crippen MR) is 91.2 cm³/mol. The Morgan fingerprint density at radius 2 is 1.85 bits per heavy atom. The van der Waals surface area contributed by atoms with E-state index in [4.69, 9.17) is 0 Å². The molecule has 2 amide bonds. The first-order valence-corrected chi connectivity index (χ1v) is 9.54. The molecule has 6 rings (SSSR count). The molecule has 1 saturated heterocycles. The Labute approximate surface area is 151 Å². The SMILES string of the molecule is CC1(c2ccc(F)c(F)c2)CNC(=O)N1C1C2CC3CC1CC(O)(C3)C2. The highest BCUT2D eigenvalue weighted by Gasteiger charge is 2.60. The van der Waals surface area contributed by atoms with Gasteiger partial charge >= 0.3 is 6.03 Å². The third-order valence-electron chi connectivity index (χ3n) is 7.37. The largest absolute Gasteiger partial charge is 0.390 e. The Balaban J connectivity index is 1.54. The molecule has 4 nitrogen and oxygen atoms in total. The van der Waals surface area contributed by atoms with Crippen molar-refractivity contribution < 1.29 is 18.7 Å². The van der Waals surface area contributed by atoms with E-state index in [1.807, 2.05) is 11.8 Å². The standard InChI is InChI=1S/C20H24F2N2O2/c1-19(14-2-3-15(21)16(22)6-14)10-23-18(25)24(19)17-12-4-11-5-13(17)9-20(26,7-11)8-12/h2-3,6,11-13,17,26H,4-5,7-10H2,1H3,(H,23,25). The monoisotopic (exact) mass is 362 g/mol. The molecule has 4 aliphatic carbocycles. The smallest absolute Gasteiger partial charge is 0.318 e. The summed E-state index contributed by atoms with van der Waals surface area (Å²) < 4.78 is 27.3. The summed E-state index contributed by atoms with van der Waals surface area (Å²) in [5.74, 6) is -0.658. The second-order valence-electron chi connectivity index (χ2n) is 9.12. The summed E-state index contributed by atoms with van der Waals surface area (Å²) in [6.45, 7) is 2.30. The molecule has 4 saturated carbocycles. The zero-order valence-corrected chi connectivity index (χ0v) is 14.8. The number of rotatable bonds is 2. The average molecular weight is 362 g/mol. The first kappa shape index (κ1) is 16.5. The topological polar surface area (TPSA) is 52.6 Å². The van der Waals surface area contributed by atoms with E-state index < -0.39 is 22.8 Å². The van der Waals surface area contributed by atoms with E-state index >= 15 is 0 Å². The van der Waals surface area contributed by atoms with Gasteiger partial charge in [0.1, 0.15) is 0 Å². The first-order valence-electron chi connectivity index (χ1n) is 9.54. The molecule has 2 N–H and O–H groups in total. The third kappa shape index (κ3) is 2.17. The fraction of sp³-hybridized carbons (Fsp3) is 0.650. The number of carbonyl (C=O) groups is 1. The second-order valence-corrected chi connectivity index (χ2v) is 9.12. The van der Waals surface area contributed by atoms with Crippen LogP contribution in [0.3, 0.4) is 0 Å². The van der Waals surface area contributed by atoms with Crippen molar-refractivity contribution in [1.29, 1.82) is 0 Å². The average Bonchev–Trinajstić information content (AvgIpc) is 2.85. The Morgan fingerprint density at radius 1 is 1.15 bits per heavy atom. The van der Waals surface area contributed by atoms with Gasteiger partial charge in [-0.05, 0) is 74.5 Å². The van der Waals surface area contributed by atoms with Gasteiger partial charge in [0.2, 0.25) is 0 Å². The number of nitrogens with one attached hydrogen (secondary N) is 1. The summed E-state index contributed by atoms with van der Waals surface area (Å²) in [6, 6.07) is 3.84. The van der Waals surface area contributed by atoms with Crippen molar-refractivity contribution >= 4 is 6.03 Å². The molecule has 1 aromatic rings. The van der Waals surface area contributed by atoms with Gasteiger partial charge < -0.3 is 15.3 Å². The van der Waals surface area contributed by atoms with Gasteiger partial charge in [-0.1, -0.05) is 6.07 Å². The molecule has 1 heterocycles. The van der Waals surface area contributed by atoms with Crippen LogP contribution in [0.2, 0.25) is 0 Å². The van der Waals surface area contributed by atoms with Crippen LogP contribution in [0.4, 0.5) is 13.6 Å². The van der Waals surface area contributed by atoms with Gasteiger partial charge in [0, 0.05) is 12.6 Å². The number of benzene rings is 1. The van der Waals surface area contributed by atoms with E-state index in [9.17, 15) is 18.7 Å². The van der Waals surface area contributed by atoms with Gasteiger partial charge in [-0.15, -0.1) is 0 Å². The molecular weight excluding hydrogens is 338 g/mol. The van der Waals surface area contributed by atoms with Crippen LogP contribution in [0.1, 0.15) is 44.6 Å². The lowest BCUT2D eigenvalue weighted by Crippen LogP contribution is -2.64. The Bertz CT molecular complexity index is 769. The number of carbonyl (C=O) groups excluding carboxylic acids is 1.